The molecule has 26 heavy (non-hydrogen) atoms. The molecule has 1 aromatic carbocycles. The van der Waals surface area contributed by atoms with Crippen LogP contribution in [0.4, 0.5) is 4.79 Å². The second-order valence-corrected chi connectivity index (χ2v) is 7.30. The standard InChI is InChI=1S/C19H29N3O4/c1-22-8-7-14(12-22)10-21-19(24)26-18-16(20-11-17(18)23)9-13-3-5-15(25-2)6-4-13/h3-6,14,16-18,20,23H,7-12H2,1-2H3,(H,21,24)/t14-,16-,17+,18+/m1/s1. The Bertz CT molecular complexity index is 595. The molecule has 144 valence electrons. The number of nitrogens with one attached hydrogen (secondary N) is 2. The number of rotatable bonds is 6. The minimum absolute atomic E-state index is 0.109. The first-order valence-corrected chi connectivity index (χ1v) is 9.22. The Hall–Kier alpha value is -1.83. The number of nitrogens with zero attached hydrogens (tertiary/aromatic N) is 1. The highest BCUT2D eigenvalue weighted by Crippen LogP contribution is 2.19. The quantitative estimate of drug-likeness (QED) is 0.687. The van der Waals surface area contributed by atoms with E-state index in [9.17, 15) is 9.90 Å². The van der Waals surface area contributed by atoms with Gasteiger partial charge in [0.1, 0.15) is 18.0 Å². The van der Waals surface area contributed by atoms with Gasteiger partial charge >= 0.3 is 6.09 Å². The third kappa shape index (κ3) is 4.87. The Morgan fingerprint density at radius 2 is 2.15 bits per heavy atom. The van der Waals surface area contributed by atoms with E-state index in [-0.39, 0.29) is 6.04 Å². The van der Waals surface area contributed by atoms with Crippen LogP contribution >= 0.6 is 0 Å². The van der Waals surface area contributed by atoms with Crippen LogP contribution in [0.1, 0.15) is 12.0 Å². The smallest absolute Gasteiger partial charge is 0.407 e. The van der Waals surface area contributed by atoms with Gasteiger partial charge in [-0.25, -0.2) is 4.79 Å². The molecule has 7 heteroatoms. The predicted molar refractivity (Wildman–Crippen MR) is 98.4 cm³/mol. The lowest BCUT2D eigenvalue weighted by Gasteiger charge is -2.22. The molecule has 0 bridgehead atoms. The minimum atomic E-state index is -0.693. The first kappa shape index (κ1) is 18.9. The Balaban J connectivity index is 1.50. The van der Waals surface area contributed by atoms with Gasteiger partial charge in [-0.1, -0.05) is 12.1 Å². The summed E-state index contributed by atoms with van der Waals surface area (Å²) in [7, 11) is 3.72. The second-order valence-electron chi connectivity index (χ2n) is 7.30. The van der Waals surface area contributed by atoms with Crippen molar-refractivity contribution in [3.8, 4) is 5.75 Å². The first-order chi connectivity index (χ1) is 12.5. The lowest BCUT2D eigenvalue weighted by Crippen LogP contribution is -2.42. The second kappa shape index (κ2) is 8.70. The first-order valence-electron chi connectivity index (χ1n) is 9.22. The molecule has 1 amide bonds. The number of carbonyl (C=O) groups excluding carboxylic acids is 1. The summed E-state index contributed by atoms with van der Waals surface area (Å²) in [5.74, 6) is 1.27. The predicted octanol–water partition coefficient (Wildman–Crippen LogP) is 0.617. The van der Waals surface area contributed by atoms with Gasteiger partial charge < -0.3 is 30.1 Å². The zero-order valence-electron chi connectivity index (χ0n) is 15.5. The van der Waals surface area contributed by atoms with Gasteiger partial charge in [0.2, 0.25) is 0 Å². The Morgan fingerprint density at radius 1 is 1.38 bits per heavy atom. The van der Waals surface area contributed by atoms with Gasteiger partial charge in [0.05, 0.1) is 13.2 Å². The van der Waals surface area contributed by atoms with Crippen LogP contribution < -0.4 is 15.4 Å². The number of β-amino-alcohol motifs (C(OH)–C–C–N with tert-alkyl or cyclic N) is 1. The van der Waals surface area contributed by atoms with Crippen molar-refractivity contribution in [1.29, 1.82) is 0 Å². The van der Waals surface area contributed by atoms with E-state index < -0.39 is 18.3 Å². The summed E-state index contributed by atoms with van der Waals surface area (Å²) >= 11 is 0. The molecular formula is C19H29N3O4. The van der Waals surface area contributed by atoms with Crippen molar-refractivity contribution in [2.24, 2.45) is 5.92 Å². The molecule has 2 fully saturated rings. The number of carbonyl (C=O) groups is 1. The number of amides is 1. The van der Waals surface area contributed by atoms with Gasteiger partial charge in [-0.15, -0.1) is 0 Å². The third-order valence-corrected chi connectivity index (χ3v) is 5.25. The van der Waals surface area contributed by atoms with E-state index in [1.807, 2.05) is 24.3 Å². The summed E-state index contributed by atoms with van der Waals surface area (Å²) < 4.78 is 10.7. The SMILES string of the molecule is COc1ccc(C[C@H]2NC[C@H](O)[C@H]2OC(=O)NC[C@H]2CCN(C)C2)cc1. The average Bonchev–Trinajstić information content (AvgIpc) is 3.21. The van der Waals surface area contributed by atoms with Crippen molar-refractivity contribution in [2.45, 2.75) is 31.1 Å². The fraction of sp³-hybridized carbons (Fsp3) is 0.632. The van der Waals surface area contributed by atoms with Crippen molar-refractivity contribution in [3.63, 3.8) is 0 Å². The molecule has 4 atom stereocenters. The van der Waals surface area contributed by atoms with Crippen LogP contribution in [-0.2, 0) is 11.2 Å². The zero-order chi connectivity index (χ0) is 18.5. The van der Waals surface area contributed by atoms with Crippen LogP contribution in [0.25, 0.3) is 0 Å². The van der Waals surface area contributed by atoms with Gasteiger partial charge in [-0.3, -0.25) is 0 Å². The summed E-state index contributed by atoms with van der Waals surface area (Å²) in [6.45, 7) is 3.10. The third-order valence-electron chi connectivity index (χ3n) is 5.25. The molecule has 2 aliphatic rings. The van der Waals surface area contributed by atoms with Crippen LogP contribution in [0.2, 0.25) is 0 Å². The molecule has 0 aromatic heterocycles. The summed E-state index contributed by atoms with van der Waals surface area (Å²) in [6.07, 6.45) is 0.0636. The maximum absolute atomic E-state index is 12.2. The number of aliphatic hydroxyl groups is 1. The summed E-state index contributed by atoms with van der Waals surface area (Å²) in [5, 5.41) is 16.3. The largest absolute Gasteiger partial charge is 0.497 e. The van der Waals surface area contributed by atoms with E-state index in [0.29, 0.717) is 25.4 Å². The van der Waals surface area contributed by atoms with Crippen LogP contribution in [0.3, 0.4) is 0 Å². The van der Waals surface area contributed by atoms with Crippen molar-refractivity contribution in [3.05, 3.63) is 29.8 Å². The normalized spacial score (nSPS) is 28.9. The molecule has 0 saturated carbocycles. The molecule has 0 unspecified atom stereocenters. The Labute approximate surface area is 154 Å². The summed E-state index contributed by atoms with van der Waals surface area (Å²) in [6, 6.07) is 7.67. The van der Waals surface area contributed by atoms with Gasteiger partial charge in [-0.2, -0.15) is 0 Å². The lowest BCUT2D eigenvalue weighted by molar-refractivity contribution is 0.0186. The van der Waals surface area contributed by atoms with E-state index in [2.05, 4.69) is 22.6 Å². The molecule has 2 heterocycles. The molecule has 3 N–H and O–H groups in total. The van der Waals surface area contributed by atoms with Gasteiger partial charge in [0, 0.05) is 19.6 Å². The summed E-state index contributed by atoms with van der Waals surface area (Å²) in [4.78, 5) is 14.4. The molecule has 2 saturated heterocycles. The number of aliphatic hydroxyl groups excluding tert-OH is 1. The maximum atomic E-state index is 12.2. The fourth-order valence-corrected chi connectivity index (χ4v) is 3.72. The highest BCUT2D eigenvalue weighted by molar-refractivity contribution is 5.67. The van der Waals surface area contributed by atoms with E-state index in [1.54, 1.807) is 7.11 Å². The van der Waals surface area contributed by atoms with E-state index in [4.69, 9.17) is 9.47 Å². The van der Waals surface area contributed by atoms with E-state index in [0.717, 1.165) is 30.8 Å². The number of hydrogen-bond donors (Lipinski definition) is 3. The summed E-state index contributed by atoms with van der Waals surface area (Å²) in [5.41, 5.74) is 1.10. The number of benzene rings is 1. The topological polar surface area (TPSA) is 83.1 Å². The molecule has 3 rings (SSSR count). The van der Waals surface area contributed by atoms with E-state index in [1.165, 1.54) is 0 Å². The molecule has 0 spiro atoms. The van der Waals surface area contributed by atoms with Crippen molar-refractivity contribution in [1.82, 2.24) is 15.5 Å². The monoisotopic (exact) mass is 363 g/mol. The van der Waals surface area contributed by atoms with Crippen molar-refractivity contribution >= 4 is 6.09 Å². The fourth-order valence-electron chi connectivity index (χ4n) is 3.72. The van der Waals surface area contributed by atoms with Gasteiger partial charge in [-0.05, 0) is 50.0 Å². The lowest BCUT2D eigenvalue weighted by atomic mass is 10.0. The van der Waals surface area contributed by atoms with Crippen LogP contribution in [0.15, 0.2) is 24.3 Å². The number of hydrogen-bond acceptors (Lipinski definition) is 6. The molecule has 0 radical (unpaired) electrons. The highest BCUT2D eigenvalue weighted by atomic mass is 16.6. The maximum Gasteiger partial charge on any atom is 0.407 e. The molecular weight excluding hydrogens is 334 g/mol. The average molecular weight is 363 g/mol. The molecule has 1 aromatic rings. The number of ether oxygens (including phenoxy) is 2. The number of likely N-dealkylation sites (tertiary alicyclic amines) is 1. The molecule has 2 aliphatic heterocycles. The van der Waals surface area contributed by atoms with Crippen molar-refractivity contribution < 1.29 is 19.4 Å². The van der Waals surface area contributed by atoms with Gasteiger partial charge in [0.25, 0.3) is 0 Å². The van der Waals surface area contributed by atoms with Gasteiger partial charge in [0.15, 0.2) is 0 Å². The zero-order valence-corrected chi connectivity index (χ0v) is 15.5. The molecule has 7 nitrogen and oxygen atoms in total. The highest BCUT2D eigenvalue weighted by Gasteiger charge is 2.37. The molecule has 0 aliphatic carbocycles. The van der Waals surface area contributed by atoms with Crippen LogP contribution in [-0.4, -0.2) is 74.7 Å². The Kier molecular flexibility index (Phi) is 6.34. The minimum Gasteiger partial charge on any atom is -0.497 e. The number of methoxy groups -OCH3 is 1. The number of alkyl carbamates (subject to hydrolysis) is 1. The Morgan fingerprint density at radius 3 is 2.81 bits per heavy atom. The van der Waals surface area contributed by atoms with Crippen molar-refractivity contribution in [2.75, 3.05) is 40.3 Å². The van der Waals surface area contributed by atoms with Crippen LogP contribution in [0.5, 0.6) is 5.75 Å². The van der Waals surface area contributed by atoms with E-state index >= 15 is 0 Å². The van der Waals surface area contributed by atoms with Crippen LogP contribution in [0, 0.1) is 5.92 Å².